The van der Waals surface area contributed by atoms with Gasteiger partial charge in [-0.3, -0.25) is 4.79 Å². The molecule has 1 aromatic heterocycles. The van der Waals surface area contributed by atoms with Crippen molar-refractivity contribution in [1.82, 2.24) is 4.98 Å². The molecule has 1 N–H and O–H groups in total. The number of carboxylic acid groups (broad SMARTS) is 1. The van der Waals surface area contributed by atoms with Crippen molar-refractivity contribution in [2.75, 3.05) is 0 Å². The lowest BCUT2D eigenvalue weighted by Gasteiger charge is -2.17. The van der Waals surface area contributed by atoms with E-state index in [-0.39, 0.29) is 6.20 Å². The van der Waals surface area contributed by atoms with Gasteiger partial charge in [-0.05, 0) is 15.9 Å². The average molecular weight is 368 g/mol. The molecule has 0 bridgehead atoms. The van der Waals surface area contributed by atoms with Gasteiger partial charge in [0.2, 0.25) is 0 Å². The summed E-state index contributed by atoms with van der Waals surface area (Å²) in [6.45, 7) is 0. The highest BCUT2D eigenvalue weighted by atomic mass is 79.9. The lowest BCUT2D eigenvalue weighted by molar-refractivity contribution is -0.275. The Morgan fingerprint density at radius 2 is 1.85 bits per heavy atom. The van der Waals surface area contributed by atoms with E-state index in [9.17, 15) is 31.1 Å². The Morgan fingerprint density at radius 1 is 1.30 bits per heavy atom. The first-order chi connectivity index (χ1) is 8.92. The SMILES string of the molecule is O=C(O)Cc1c(C(F)(F)F)cnc(Br)c1OC(F)(F)F. The van der Waals surface area contributed by atoms with E-state index in [1.54, 1.807) is 0 Å². The molecule has 0 aliphatic heterocycles. The molecule has 0 saturated carbocycles. The normalized spacial score (nSPS) is 12.3. The zero-order chi connectivity index (χ0) is 15.7. The summed E-state index contributed by atoms with van der Waals surface area (Å²) >= 11 is 2.49. The molecule has 0 aliphatic carbocycles. The molecule has 20 heavy (non-hydrogen) atoms. The number of carbonyl (C=O) groups is 1. The fraction of sp³-hybridized carbons (Fsp3) is 0.333. The Morgan fingerprint density at radius 3 is 2.25 bits per heavy atom. The van der Waals surface area contributed by atoms with Gasteiger partial charge in [0.1, 0.15) is 4.60 Å². The fourth-order valence-electron chi connectivity index (χ4n) is 1.30. The maximum Gasteiger partial charge on any atom is 0.573 e. The first-order valence-corrected chi connectivity index (χ1v) is 5.43. The van der Waals surface area contributed by atoms with E-state index in [0.29, 0.717) is 0 Å². The Balaban J connectivity index is 3.50. The Hall–Kier alpha value is -1.52. The number of hydrogen-bond donors (Lipinski definition) is 1. The molecule has 1 rings (SSSR count). The van der Waals surface area contributed by atoms with Gasteiger partial charge in [-0.1, -0.05) is 0 Å². The predicted molar refractivity (Wildman–Crippen MR) is 55.0 cm³/mol. The molecule has 4 nitrogen and oxygen atoms in total. The van der Waals surface area contributed by atoms with Crippen LogP contribution >= 0.6 is 15.9 Å². The van der Waals surface area contributed by atoms with Crippen LogP contribution in [0.3, 0.4) is 0 Å². The van der Waals surface area contributed by atoms with Crippen LogP contribution < -0.4 is 4.74 Å². The van der Waals surface area contributed by atoms with Gasteiger partial charge in [-0.2, -0.15) is 13.2 Å². The summed E-state index contributed by atoms with van der Waals surface area (Å²) in [5.41, 5.74) is -2.77. The van der Waals surface area contributed by atoms with Gasteiger partial charge < -0.3 is 9.84 Å². The summed E-state index contributed by atoms with van der Waals surface area (Å²) in [6.07, 6.45) is -11.4. The number of aromatic nitrogens is 1. The second-order valence-electron chi connectivity index (χ2n) is 3.39. The van der Waals surface area contributed by atoms with Crippen LogP contribution in [0.15, 0.2) is 10.8 Å². The van der Waals surface area contributed by atoms with Crippen LogP contribution in [0, 0.1) is 0 Å². The summed E-state index contributed by atoms with van der Waals surface area (Å²) < 4.78 is 77.2. The van der Waals surface area contributed by atoms with Crippen LogP contribution in [0.5, 0.6) is 5.75 Å². The average Bonchev–Trinajstić information content (AvgIpc) is 2.19. The molecule has 112 valence electrons. The lowest BCUT2D eigenvalue weighted by atomic mass is 10.1. The van der Waals surface area contributed by atoms with Gasteiger partial charge in [-0.15, -0.1) is 13.2 Å². The summed E-state index contributed by atoms with van der Waals surface area (Å²) in [5.74, 6) is -3.07. The Labute approximate surface area is 115 Å². The third kappa shape index (κ3) is 4.25. The lowest BCUT2D eigenvalue weighted by Crippen LogP contribution is -2.22. The number of carboxylic acids is 1. The van der Waals surface area contributed by atoms with E-state index in [2.05, 4.69) is 25.7 Å². The molecular weight excluding hydrogens is 364 g/mol. The van der Waals surface area contributed by atoms with Gasteiger partial charge in [0.15, 0.2) is 5.75 Å². The highest BCUT2D eigenvalue weighted by molar-refractivity contribution is 9.10. The molecule has 0 amide bonds. The summed E-state index contributed by atoms with van der Waals surface area (Å²) in [5, 5.41) is 8.53. The van der Waals surface area contributed by atoms with E-state index in [4.69, 9.17) is 5.11 Å². The van der Waals surface area contributed by atoms with Gasteiger partial charge in [0.25, 0.3) is 0 Å². The quantitative estimate of drug-likeness (QED) is 0.657. The Kier molecular flexibility index (Phi) is 4.52. The van der Waals surface area contributed by atoms with Crippen LogP contribution in [0.1, 0.15) is 11.1 Å². The highest BCUT2D eigenvalue weighted by Gasteiger charge is 2.40. The minimum Gasteiger partial charge on any atom is -0.481 e. The topological polar surface area (TPSA) is 59.4 Å². The number of alkyl halides is 6. The molecule has 0 radical (unpaired) electrons. The number of nitrogens with zero attached hydrogens (tertiary/aromatic N) is 1. The van der Waals surface area contributed by atoms with Crippen LogP contribution in [-0.2, 0) is 17.4 Å². The van der Waals surface area contributed by atoms with E-state index in [0.717, 1.165) is 0 Å². The Bertz CT molecular complexity index is 528. The molecule has 11 heteroatoms. The third-order valence-electron chi connectivity index (χ3n) is 1.94. The van der Waals surface area contributed by atoms with Gasteiger partial charge in [0.05, 0.1) is 12.0 Å². The van der Waals surface area contributed by atoms with E-state index >= 15 is 0 Å². The first-order valence-electron chi connectivity index (χ1n) is 4.64. The van der Waals surface area contributed by atoms with Crippen molar-refractivity contribution in [3.05, 3.63) is 21.9 Å². The number of aliphatic carboxylic acids is 1. The highest BCUT2D eigenvalue weighted by Crippen LogP contribution is 2.40. The van der Waals surface area contributed by atoms with Crippen molar-refractivity contribution in [1.29, 1.82) is 0 Å². The van der Waals surface area contributed by atoms with Crippen LogP contribution in [0.2, 0.25) is 0 Å². The summed E-state index contributed by atoms with van der Waals surface area (Å²) in [4.78, 5) is 13.6. The predicted octanol–water partition coefficient (Wildman–Crippen LogP) is 3.39. The van der Waals surface area contributed by atoms with E-state index < -0.39 is 46.4 Å². The van der Waals surface area contributed by atoms with E-state index in [1.165, 1.54) is 0 Å². The molecule has 0 unspecified atom stereocenters. The molecule has 0 fully saturated rings. The smallest absolute Gasteiger partial charge is 0.481 e. The zero-order valence-electron chi connectivity index (χ0n) is 9.14. The maximum atomic E-state index is 12.7. The number of hydrogen-bond acceptors (Lipinski definition) is 3. The number of rotatable bonds is 3. The molecule has 0 spiro atoms. The minimum absolute atomic E-state index is 0.228. The number of pyridine rings is 1. The van der Waals surface area contributed by atoms with Crippen LogP contribution in [0.4, 0.5) is 26.3 Å². The van der Waals surface area contributed by atoms with Crippen LogP contribution in [0.25, 0.3) is 0 Å². The van der Waals surface area contributed by atoms with Crippen molar-refractivity contribution in [3.63, 3.8) is 0 Å². The monoisotopic (exact) mass is 367 g/mol. The number of ether oxygens (including phenoxy) is 1. The van der Waals surface area contributed by atoms with Crippen molar-refractivity contribution in [2.24, 2.45) is 0 Å². The number of halogens is 7. The molecule has 0 atom stereocenters. The molecule has 1 heterocycles. The molecular formula is C9H4BrF6NO3. The van der Waals surface area contributed by atoms with Gasteiger partial charge >= 0.3 is 18.5 Å². The minimum atomic E-state index is -5.29. The molecule has 0 aliphatic rings. The van der Waals surface area contributed by atoms with Gasteiger partial charge in [-0.25, -0.2) is 4.98 Å². The fourth-order valence-corrected chi connectivity index (χ4v) is 1.72. The maximum absolute atomic E-state index is 12.7. The molecule has 1 aromatic rings. The first kappa shape index (κ1) is 16.5. The van der Waals surface area contributed by atoms with Crippen molar-refractivity contribution < 1.29 is 41.0 Å². The van der Waals surface area contributed by atoms with Crippen molar-refractivity contribution in [2.45, 2.75) is 19.0 Å². The van der Waals surface area contributed by atoms with E-state index in [1.807, 2.05) is 0 Å². The largest absolute Gasteiger partial charge is 0.573 e. The third-order valence-corrected chi connectivity index (χ3v) is 2.51. The second-order valence-corrected chi connectivity index (χ2v) is 4.14. The summed E-state index contributed by atoms with van der Waals surface area (Å²) in [7, 11) is 0. The molecule has 0 aromatic carbocycles. The summed E-state index contributed by atoms with van der Waals surface area (Å²) in [6, 6.07) is 0. The van der Waals surface area contributed by atoms with Crippen LogP contribution in [-0.4, -0.2) is 22.4 Å². The van der Waals surface area contributed by atoms with Gasteiger partial charge in [0, 0.05) is 11.8 Å². The second kappa shape index (κ2) is 5.46. The van der Waals surface area contributed by atoms with Crippen molar-refractivity contribution >= 4 is 21.9 Å². The molecule has 0 saturated heterocycles. The van der Waals surface area contributed by atoms with Crippen molar-refractivity contribution in [3.8, 4) is 5.75 Å². The zero-order valence-corrected chi connectivity index (χ0v) is 10.7. The standard InChI is InChI=1S/C9H4BrF6NO3/c10-7-6(20-9(14,15)16)3(1-5(18)19)4(2-17-7)8(11,12)13/h2H,1H2,(H,18,19).